The van der Waals surface area contributed by atoms with Gasteiger partial charge in [0.2, 0.25) is 0 Å². The van der Waals surface area contributed by atoms with Crippen LogP contribution in [0, 0.1) is 0 Å². The zero-order valence-corrected chi connectivity index (χ0v) is 64.9. The van der Waals surface area contributed by atoms with Gasteiger partial charge in [0, 0.05) is 25.7 Å². The summed E-state index contributed by atoms with van der Waals surface area (Å²) >= 11 is 0. The van der Waals surface area contributed by atoms with Gasteiger partial charge in [-0.3, -0.25) is 37.3 Å². The number of hydrogen-bond donors (Lipinski definition) is 3. The molecule has 0 aromatic heterocycles. The number of unbranched alkanes of at least 4 members (excludes halogenated alkanes) is 33. The van der Waals surface area contributed by atoms with E-state index in [1.54, 1.807) is 0 Å². The van der Waals surface area contributed by atoms with Crippen molar-refractivity contribution in [2.45, 2.75) is 354 Å². The van der Waals surface area contributed by atoms with E-state index in [1.165, 1.54) is 122 Å². The van der Waals surface area contributed by atoms with E-state index in [0.717, 1.165) is 128 Å². The fourth-order valence-electron chi connectivity index (χ4n) is 10.5. The highest BCUT2D eigenvalue weighted by Crippen LogP contribution is 2.45. The normalized spacial score (nSPS) is 14.4. The zero-order chi connectivity index (χ0) is 73.2. The van der Waals surface area contributed by atoms with Crippen molar-refractivity contribution < 1.29 is 80.2 Å². The third-order valence-corrected chi connectivity index (χ3v) is 18.4. The Morgan fingerprint density at radius 3 is 0.880 bits per heavy atom. The SMILES string of the molecule is CCCCC/C=C\C/C=C\C/C=C\C/C=C\CCCC(=O)OC[C@H](COP(=O)(O)OC[C@@H](O)COP(=O)(O)OC[C@@H](COC(=O)CCCCCCCCCCCCCCC)OC(=O)CCCCCCC/C=C\C=C/CCCCCC)OC(=O)CCCCCCC/C=C\C/C=C\CCCCC. The molecule has 0 fully saturated rings. The van der Waals surface area contributed by atoms with Gasteiger partial charge in [-0.05, 0) is 122 Å². The van der Waals surface area contributed by atoms with Crippen molar-refractivity contribution in [2.24, 2.45) is 0 Å². The van der Waals surface area contributed by atoms with E-state index in [-0.39, 0.29) is 25.7 Å². The number of aliphatic hydroxyl groups excluding tert-OH is 1. The summed E-state index contributed by atoms with van der Waals surface area (Å²) in [7, 11) is -9.97. The van der Waals surface area contributed by atoms with Crippen LogP contribution in [0.15, 0.2) is 97.2 Å². The fourth-order valence-corrected chi connectivity index (χ4v) is 12.0. The summed E-state index contributed by atoms with van der Waals surface area (Å²) in [6.45, 7) is 4.74. The molecule has 0 amide bonds. The van der Waals surface area contributed by atoms with Crippen LogP contribution >= 0.6 is 15.6 Å². The van der Waals surface area contributed by atoms with Crippen molar-refractivity contribution in [3.05, 3.63) is 97.2 Å². The van der Waals surface area contributed by atoms with Gasteiger partial charge >= 0.3 is 39.5 Å². The Bertz CT molecular complexity index is 2270. The Labute approximate surface area is 607 Å². The van der Waals surface area contributed by atoms with E-state index in [9.17, 15) is 43.2 Å². The molecule has 3 N–H and O–H groups in total. The summed E-state index contributed by atoms with van der Waals surface area (Å²) in [5, 5.41) is 10.6. The molecule has 0 saturated carbocycles. The van der Waals surface area contributed by atoms with Crippen molar-refractivity contribution in [1.82, 2.24) is 0 Å². The van der Waals surface area contributed by atoms with E-state index in [0.29, 0.717) is 32.1 Å². The highest BCUT2D eigenvalue weighted by atomic mass is 31.2. The minimum Gasteiger partial charge on any atom is -0.462 e. The average molecular weight is 1450 g/mol. The average Bonchev–Trinajstić information content (AvgIpc) is 0.945. The van der Waals surface area contributed by atoms with E-state index in [4.69, 9.17) is 37.0 Å². The lowest BCUT2D eigenvalue weighted by Gasteiger charge is -2.21. The maximum absolute atomic E-state index is 13.1. The molecule has 0 aliphatic rings. The number of carbonyl (C=O) groups is 4. The number of esters is 4. The number of rotatable bonds is 74. The van der Waals surface area contributed by atoms with Gasteiger partial charge in [-0.1, -0.05) is 285 Å². The Hall–Kier alpha value is -4.02. The largest absolute Gasteiger partial charge is 0.472 e. The Balaban J connectivity index is 5.41. The third kappa shape index (κ3) is 72.3. The summed E-state index contributed by atoms with van der Waals surface area (Å²) < 4.78 is 68.5. The summed E-state index contributed by atoms with van der Waals surface area (Å²) in [5.41, 5.74) is 0. The van der Waals surface area contributed by atoms with Crippen LogP contribution in [-0.2, 0) is 65.4 Å². The van der Waals surface area contributed by atoms with Gasteiger partial charge in [-0.2, -0.15) is 0 Å². The van der Waals surface area contributed by atoms with Crippen LogP contribution in [0.5, 0.6) is 0 Å². The van der Waals surface area contributed by atoms with Crippen LogP contribution in [0.4, 0.5) is 0 Å². The van der Waals surface area contributed by atoms with Crippen LogP contribution in [-0.4, -0.2) is 96.7 Å². The summed E-state index contributed by atoms with van der Waals surface area (Å²) in [6, 6.07) is 0. The number of aliphatic hydroxyl groups is 1. The summed E-state index contributed by atoms with van der Waals surface area (Å²) in [5.74, 6) is -2.26. The molecule has 0 aromatic carbocycles. The van der Waals surface area contributed by atoms with Gasteiger partial charge in [0.15, 0.2) is 12.2 Å². The third-order valence-electron chi connectivity index (χ3n) is 16.5. The second-order valence-electron chi connectivity index (χ2n) is 26.3. The van der Waals surface area contributed by atoms with E-state index >= 15 is 0 Å². The second-order valence-corrected chi connectivity index (χ2v) is 29.2. The van der Waals surface area contributed by atoms with Crippen LogP contribution in [0.2, 0.25) is 0 Å². The maximum atomic E-state index is 13.1. The molecule has 5 atom stereocenters. The minimum atomic E-state index is -4.99. The molecule has 0 saturated heterocycles. The van der Waals surface area contributed by atoms with E-state index in [2.05, 4.69) is 113 Å². The molecule has 0 heterocycles. The Morgan fingerprint density at radius 2 is 0.530 bits per heavy atom. The number of carbonyl (C=O) groups excluding carboxylic acids is 4. The Kier molecular flexibility index (Phi) is 70.4. The molecule has 0 aliphatic heterocycles. The first-order valence-corrected chi connectivity index (χ1v) is 42.5. The molecule has 0 spiro atoms. The summed E-state index contributed by atoms with van der Waals surface area (Å²) in [6.07, 6.45) is 76.8. The molecular formula is C81H142O17P2. The van der Waals surface area contributed by atoms with Crippen molar-refractivity contribution >= 4 is 39.5 Å². The predicted molar refractivity (Wildman–Crippen MR) is 409 cm³/mol. The molecule has 17 nitrogen and oxygen atoms in total. The van der Waals surface area contributed by atoms with Crippen LogP contribution in [0.1, 0.15) is 336 Å². The zero-order valence-electron chi connectivity index (χ0n) is 63.1. The fraction of sp³-hybridized carbons (Fsp3) is 0.753. The van der Waals surface area contributed by atoms with Crippen molar-refractivity contribution in [3.8, 4) is 0 Å². The molecular weight excluding hydrogens is 1310 g/mol. The van der Waals surface area contributed by atoms with Gasteiger partial charge in [0.05, 0.1) is 26.4 Å². The Morgan fingerprint density at radius 1 is 0.290 bits per heavy atom. The number of hydrogen-bond acceptors (Lipinski definition) is 15. The van der Waals surface area contributed by atoms with Crippen molar-refractivity contribution in [1.29, 1.82) is 0 Å². The first-order valence-electron chi connectivity index (χ1n) is 39.5. The molecule has 578 valence electrons. The number of allylic oxidation sites excluding steroid dienone is 16. The van der Waals surface area contributed by atoms with Gasteiger partial charge in [-0.25, -0.2) is 9.13 Å². The topological polar surface area (TPSA) is 237 Å². The van der Waals surface area contributed by atoms with E-state index < -0.39 is 97.5 Å². The van der Waals surface area contributed by atoms with Gasteiger partial charge in [0.25, 0.3) is 0 Å². The van der Waals surface area contributed by atoms with Crippen LogP contribution in [0.25, 0.3) is 0 Å². The monoisotopic (exact) mass is 1450 g/mol. The second kappa shape index (κ2) is 73.3. The molecule has 0 aliphatic carbocycles. The molecule has 0 bridgehead atoms. The number of phosphoric ester groups is 2. The van der Waals surface area contributed by atoms with Crippen molar-refractivity contribution in [2.75, 3.05) is 39.6 Å². The van der Waals surface area contributed by atoms with Gasteiger partial charge in [-0.15, -0.1) is 0 Å². The first kappa shape index (κ1) is 96.0. The lowest BCUT2D eigenvalue weighted by atomic mass is 10.0. The highest BCUT2D eigenvalue weighted by molar-refractivity contribution is 7.47. The van der Waals surface area contributed by atoms with Crippen LogP contribution in [0.3, 0.4) is 0 Å². The maximum Gasteiger partial charge on any atom is 0.472 e. The molecule has 19 heteroatoms. The summed E-state index contributed by atoms with van der Waals surface area (Å²) in [4.78, 5) is 72.9. The molecule has 100 heavy (non-hydrogen) atoms. The molecule has 0 radical (unpaired) electrons. The van der Waals surface area contributed by atoms with Crippen LogP contribution < -0.4 is 0 Å². The predicted octanol–water partition coefficient (Wildman–Crippen LogP) is 22.8. The molecule has 0 aromatic rings. The first-order chi connectivity index (χ1) is 48.7. The minimum absolute atomic E-state index is 0.0671. The quantitative estimate of drug-likeness (QED) is 0.0128. The van der Waals surface area contributed by atoms with Crippen molar-refractivity contribution in [3.63, 3.8) is 0 Å². The van der Waals surface area contributed by atoms with E-state index in [1.807, 2.05) is 12.2 Å². The smallest absolute Gasteiger partial charge is 0.462 e. The molecule has 2 unspecified atom stereocenters. The van der Waals surface area contributed by atoms with Gasteiger partial charge < -0.3 is 33.8 Å². The number of phosphoric acid groups is 2. The number of ether oxygens (including phenoxy) is 4. The standard InChI is InChI=1S/C81H142O17P2/c1-5-9-13-17-21-25-29-33-36-37-40-42-46-50-54-58-62-66-79(84)92-72-77(98-81(86)68-64-60-56-52-48-44-39-35-31-27-23-19-15-11-7-3)74-96-100(89,90)94-70-75(82)69-93-99(87,88)95-73-76(71-91-78(83)65-61-57-53-49-45-41-32-28-24-20-16-12-8-4)97-80(85)67-63-59-55-51-47-43-38-34-30-26-22-18-14-10-6-2/h21,23,25-27,30,33-36,38-40,42,50,54,75-77,82H,5-20,22,24,28-29,31-32,37,41,43-49,51-53,55-74H2,1-4H3,(H,87,88)(H,89,90)/b25-21-,27-23-,30-26-,36-33-,38-34-,39-35-,42-40-,54-50-/t75-,76+,77+/m0/s1. The lowest BCUT2D eigenvalue weighted by molar-refractivity contribution is -0.161. The lowest BCUT2D eigenvalue weighted by Crippen LogP contribution is -2.30. The highest BCUT2D eigenvalue weighted by Gasteiger charge is 2.30. The molecule has 0 rings (SSSR count). The van der Waals surface area contributed by atoms with Gasteiger partial charge in [0.1, 0.15) is 19.3 Å².